The van der Waals surface area contributed by atoms with Gasteiger partial charge in [-0.15, -0.1) is 10.2 Å². The number of hydrogen-bond acceptors (Lipinski definition) is 7. The number of fused-ring (bicyclic) bond motifs is 1. The van der Waals surface area contributed by atoms with Crippen LogP contribution < -0.4 is 4.90 Å². The summed E-state index contributed by atoms with van der Waals surface area (Å²) >= 11 is 1.72. The van der Waals surface area contributed by atoms with Crippen LogP contribution in [0, 0.1) is 0 Å². The highest BCUT2D eigenvalue weighted by atomic mass is 32.2. The van der Waals surface area contributed by atoms with E-state index in [9.17, 15) is 0 Å². The van der Waals surface area contributed by atoms with Crippen LogP contribution in [0.3, 0.4) is 0 Å². The third-order valence-electron chi connectivity index (χ3n) is 4.21. The van der Waals surface area contributed by atoms with Crippen molar-refractivity contribution in [2.75, 3.05) is 37.0 Å². The van der Waals surface area contributed by atoms with Gasteiger partial charge in [0, 0.05) is 32.3 Å². The Morgan fingerprint density at radius 3 is 2.84 bits per heavy atom. The third kappa shape index (κ3) is 3.64. The highest BCUT2D eigenvalue weighted by Gasteiger charge is 2.18. The van der Waals surface area contributed by atoms with Gasteiger partial charge in [-0.05, 0) is 18.6 Å². The molecule has 0 bridgehead atoms. The molecule has 8 heteroatoms. The summed E-state index contributed by atoms with van der Waals surface area (Å²) in [4.78, 5) is 6.73. The second kappa shape index (κ2) is 7.45. The number of oxazole rings is 1. The molecule has 1 saturated heterocycles. The fourth-order valence-electron chi connectivity index (χ4n) is 2.89. The molecule has 4 rings (SSSR count). The van der Waals surface area contributed by atoms with E-state index >= 15 is 0 Å². The molecule has 0 atom stereocenters. The van der Waals surface area contributed by atoms with Crippen molar-refractivity contribution in [3.05, 3.63) is 30.2 Å². The molecule has 7 nitrogen and oxygen atoms in total. The molecule has 0 N–H and O–H groups in total. The highest BCUT2D eigenvalue weighted by Crippen LogP contribution is 2.22. The number of para-hydroxylation sites is 2. The van der Waals surface area contributed by atoms with E-state index in [1.54, 1.807) is 11.8 Å². The number of nitrogens with zero attached hydrogens (tertiary/aromatic N) is 5. The lowest BCUT2D eigenvalue weighted by molar-refractivity contribution is 0.121. The number of rotatable bonds is 6. The first-order valence-corrected chi connectivity index (χ1v) is 9.49. The van der Waals surface area contributed by atoms with E-state index in [0.29, 0.717) is 0 Å². The highest BCUT2D eigenvalue weighted by molar-refractivity contribution is 7.99. The van der Waals surface area contributed by atoms with Crippen LogP contribution in [0.25, 0.3) is 11.1 Å². The smallest absolute Gasteiger partial charge is 0.227 e. The average Bonchev–Trinajstić information content (AvgIpc) is 3.22. The molecule has 0 aliphatic carbocycles. The predicted octanol–water partition coefficient (Wildman–Crippen LogP) is 2.52. The fraction of sp³-hybridized carbons (Fsp3) is 0.471. The van der Waals surface area contributed by atoms with E-state index in [2.05, 4.69) is 24.6 Å². The summed E-state index contributed by atoms with van der Waals surface area (Å²) in [6.45, 7) is 3.24. The Kier molecular flexibility index (Phi) is 4.89. The first-order chi connectivity index (χ1) is 12.3. The van der Waals surface area contributed by atoms with Gasteiger partial charge in [0.25, 0.3) is 0 Å². The maximum atomic E-state index is 5.76. The zero-order valence-electron chi connectivity index (χ0n) is 14.2. The van der Waals surface area contributed by atoms with Gasteiger partial charge in [-0.2, -0.15) is 0 Å². The molecule has 0 unspecified atom stereocenters. The number of aryl methyl sites for hydroxylation is 1. The van der Waals surface area contributed by atoms with Crippen LogP contribution in [-0.2, 0) is 18.2 Å². The number of ether oxygens (including phenoxy) is 1. The van der Waals surface area contributed by atoms with Crippen LogP contribution in [-0.4, -0.2) is 51.8 Å². The van der Waals surface area contributed by atoms with Gasteiger partial charge < -0.3 is 14.1 Å². The lowest BCUT2D eigenvalue weighted by Crippen LogP contribution is -2.37. The lowest BCUT2D eigenvalue weighted by Gasteiger charge is -2.27. The second-order valence-corrected chi connectivity index (χ2v) is 7.03. The molecule has 0 radical (unpaired) electrons. The quantitative estimate of drug-likeness (QED) is 0.495. The molecule has 1 aliphatic heterocycles. The number of hydrogen-bond donors (Lipinski definition) is 0. The van der Waals surface area contributed by atoms with E-state index < -0.39 is 0 Å². The fourth-order valence-corrected chi connectivity index (χ4v) is 3.73. The van der Waals surface area contributed by atoms with E-state index in [0.717, 1.165) is 73.0 Å². The summed E-state index contributed by atoms with van der Waals surface area (Å²) in [5, 5.41) is 9.60. The summed E-state index contributed by atoms with van der Waals surface area (Å²) in [5.74, 6) is 2.67. The Labute approximate surface area is 150 Å². The maximum Gasteiger partial charge on any atom is 0.227 e. The molecule has 3 heterocycles. The topological polar surface area (TPSA) is 69.2 Å². The van der Waals surface area contributed by atoms with Crippen LogP contribution in [0.5, 0.6) is 0 Å². The van der Waals surface area contributed by atoms with Crippen molar-refractivity contribution in [1.82, 2.24) is 19.7 Å². The Bertz CT molecular complexity index is 808. The zero-order valence-corrected chi connectivity index (χ0v) is 15.0. The van der Waals surface area contributed by atoms with Crippen molar-refractivity contribution < 1.29 is 9.15 Å². The van der Waals surface area contributed by atoms with Gasteiger partial charge in [0.2, 0.25) is 5.95 Å². The van der Waals surface area contributed by atoms with Gasteiger partial charge in [0.1, 0.15) is 5.52 Å². The van der Waals surface area contributed by atoms with Gasteiger partial charge in [-0.3, -0.25) is 4.57 Å². The Morgan fingerprint density at radius 1 is 1.16 bits per heavy atom. The summed E-state index contributed by atoms with van der Waals surface area (Å²) in [6.07, 6.45) is 1.81. The molecular formula is C17H21N5O2S. The normalized spacial score (nSPS) is 15.2. The minimum atomic E-state index is 0.750. The van der Waals surface area contributed by atoms with Crippen molar-refractivity contribution >= 4 is 28.8 Å². The third-order valence-corrected chi connectivity index (χ3v) is 5.32. The van der Waals surface area contributed by atoms with Crippen LogP contribution >= 0.6 is 11.8 Å². The largest absolute Gasteiger partial charge is 0.441 e. The van der Waals surface area contributed by atoms with Gasteiger partial charge >= 0.3 is 0 Å². The molecule has 1 fully saturated rings. The van der Waals surface area contributed by atoms with Gasteiger partial charge in [0.05, 0.1) is 13.2 Å². The lowest BCUT2D eigenvalue weighted by atomic mass is 10.3. The predicted molar refractivity (Wildman–Crippen MR) is 97.1 cm³/mol. The van der Waals surface area contributed by atoms with Gasteiger partial charge in [-0.1, -0.05) is 23.9 Å². The van der Waals surface area contributed by atoms with Crippen LogP contribution in [0.2, 0.25) is 0 Å². The van der Waals surface area contributed by atoms with Gasteiger partial charge in [0.15, 0.2) is 16.6 Å². The van der Waals surface area contributed by atoms with E-state index in [-0.39, 0.29) is 0 Å². The molecule has 0 amide bonds. The van der Waals surface area contributed by atoms with Crippen molar-refractivity contribution in [3.63, 3.8) is 0 Å². The minimum absolute atomic E-state index is 0.750. The molecular weight excluding hydrogens is 338 g/mol. The minimum Gasteiger partial charge on any atom is -0.441 e. The first-order valence-electron chi connectivity index (χ1n) is 8.50. The molecule has 25 heavy (non-hydrogen) atoms. The van der Waals surface area contributed by atoms with Crippen molar-refractivity contribution in [1.29, 1.82) is 0 Å². The first kappa shape index (κ1) is 16.4. The summed E-state index contributed by atoms with van der Waals surface area (Å²) in [5.41, 5.74) is 1.78. The summed E-state index contributed by atoms with van der Waals surface area (Å²) in [6, 6.07) is 7.87. The van der Waals surface area contributed by atoms with Crippen LogP contribution in [0.15, 0.2) is 33.8 Å². The van der Waals surface area contributed by atoms with Crippen LogP contribution in [0.4, 0.5) is 5.95 Å². The molecule has 132 valence electrons. The molecule has 3 aromatic rings. The van der Waals surface area contributed by atoms with E-state index in [1.165, 1.54) is 0 Å². The van der Waals surface area contributed by atoms with E-state index in [1.807, 2.05) is 31.3 Å². The van der Waals surface area contributed by atoms with Crippen molar-refractivity contribution in [2.24, 2.45) is 7.05 Å². The second-order valence-electron chi connectivity index (χ2n) is 5.97. The number of aromatic nitrogens is 4. The Hall–Kier alpha value is -2.06. The van der Waals surface area contributed by atoms with Crippen molar-refractivity contribution in [2.45, 2.75) is 18.0 Å². The molecule has 0 spiro atoms. The van der Waals surface area contributed by atoms with Crippen LogP contribution in [0.1, 0.15) is 12.3 Å². The molecule has 1 aromatic carbocycles. The Morgan fingerprint density at radius 2 is 2.00 bits per heavy atom. The molecule has 1 aliphatic rings. The number of morpholine rings is 1. The van der Waals surface area contributed by atoms with Gasteiger partial charge in [-0.25, -0.2) is 4.98 Å². The number of anilines is 1. The SMILES string of the molecule is Cn1c(SCCCc2nc3ccccc3o2)nnc1N1CCOCC1. The molecule has 2 aromatic heterocycles. The summed E-state index contributed by atoms with van der Waals surface area (Å²) < 4.78 is 13.2. The number of benzene rings is 1. The van der Waals surface area contributed by atoms with Crippen molar-refractivity contribution in [3.8, 4) is 0 Å². The van der Waals surface area contributed by atoms with E-state index in [4.69, 9.17) is 9.15 Å². The monoisotopic (exact) mass is 359 g/mol. The Balaban J connectivity index is 1.30. The number of thioether (sulfide) groups is 1. The average molecular weight is 359 g/mol. The maximum absolute atomic E-state index is 5.76. The zero-order chi connectivity index (χ0) is 17.1. The summed E-state index contributed by atoms with van der Waals surface area (Å²) in [7, 11) is 2.02. The standard InChI is InChI=1S/C17H21N5O2S/c1-21-16(22-8-10-23-11-9-22)19-20-17(21)25-12-4-7-15-18-13-5-2-3-6-14(13)24-15/h2-3,5-6H,4,7-12H2,1H3. The molecule has 0 saturated carbocycles.